The van der Waals surface area contributed by atoms with Gasteiger partial charge in [0.15, 0.2) is 23.0 Å². The summed E-state index contributed by atoms with van der Waals surface area (Å²) < 4.78 is 22.2. The molecule has 0 saturated carbocycles. The minimum absolute atomic E-state index is 0.160. The summed E-state index contributed by atoms with van der Waals surface area (Å²) in [5.74, 6) is 2.47. The average molecular weight is 378 g/mol. The zero-order valence-electron chi connectivity index (χ0n) is 15.3. The molecule has 7 heteroatoms. The lowest BCUT2D eigenvalue weighted by molar-refractivity contribution is 0.0949. The first-order valence-electron chi connectivity index (χ1n) is 9.16. The third-order valence-corrected chi connectivity index (χ3v) is 4.76. The van der Waals surface area contributed by atoms with Crippen LogP contribution in [0.25, 0.3) is 22.0 Å². The molecule has 3 aromatic rings. The van der Waals surface area contributed by atoms with Crippen LogP contribution in [0.5, 0.6) is 23.0 Å². The lowest BCUT2D eigenvalue weighted by Gasteiger charge is -2.12. The number of rotatable bonds is 4. The van der Waals surface area contributed by atoms with E-state index < -0.39 is 0 Å². The van der Waals surface area contributed by atoms with E-state index in [1.54, 1.807) is 6.07 Å². The van der Waals surface area contributed by atoms with Crippen molar-refractivity contribution in [2.75, 3.05) is 20.1 Å². The predicted molar refractivity (Wildman–Crippen MR) is 102 cm³/mol. The summed E-state index contributed by atoms with van der Waals surface area (Å²) >= 11 is 0. The third kappa shape index (κ3) is 2.67. The highest BCUT2D eigenvalue weighted by Crippen LogP contribution is 2.45. The van der Waals surface area contributed by atoms with Crippen LogP contribution in [0.2, 0.25) is 0 Å². The zero-order valence-corrected chi connectivity index (χ0v) is 15.3. The molecule has 142 valence electrons. The molecular formula is C21H18N2O5. The fraction of sp³-hybridized carbons (Fsp3) is 0.238. The maximum Gasteiger partial charge on any atom is 0.269 e. The molecule has 1 N–H and O–H groups in total. The Morgan fingerprint density at radius 1 is 1.00 bits per heavy atom. The van der Waals surface area contributed by atoms with Crippen LogP contribution in [0.15, 0.2) is 36.4 Å². The van der Waals surface area contributed by atoms with Crippen molar-refractivity contribution in [1.29, 1.82) is 0 Å². The first-order valence-corrected chi connectivity index (χ1v) is 9.16. The van der Waals surface area contributed by atoms with Crippen molar-refractivity contribution in [3.05, 3.63) is 42.1 Å². The quantitative estimate of drug-likeness (QED) is 0.749. The van der Waals surface area contributed by atoms with Gasteiger partial charge in [-0.05, 0) is 47.9 Å². The second-order valence-corrected chi connectivity index (χ2v) is 6.57. The third-order valence-electron chi connectivity index (χ3n) is 4.76. The molecule has 0 bridgehead atoms. The molecule has 7 nitrogen and oxygen atoms in total. The molecule has 0 radical (unpaired) electrons. The number of hydrogen-bond acceptors (Lipinski definition) is 6. The van der Waals surface area contributed by atoms with Gasteiger partial charge in [0.05, 0.1) is 10.9 Å². The monoisotopic (exact) mass is 378 g/mol. The molecule has 2 aliphatic rings. The summed E-state index contributed by atoms with van der Waals surface area (Å²) in [6.45, 7) is 2.96. The van der Waals surface area contributed by atoms with E-state index in [0.717, 1.165) is 22.9 Å². The number of aromatic nitrogens is 1. The Hall–Kier alpha value is -3.48. The van der Waals surface area contributed by atoms with E-state index in [-0.39, 0.29) is 19.5 Å². The van der Waals surface area contributed by atoms with E-state index >= 15 is 0 Å². The van der Waals surface area contributed by atoms with Gasteiger partial charge in [-0.15, -0.1) is 0 Å². The summed E-state index contributed by atoms with van der Waals surface area (Å²) in [6, 6.07) is 11.1. The topological polar surface area (TPSA) is 78.9 Å². The number of ether oxygens (including phenoxy) is 4. The number of nitrogens with zero attached hydrogens (tertiary/aromatic N) is 1. The Bertz CT molecular complexity index is 1100. The van der Waals surface area contributed by atoms with Crippen molar-refractivity contribution >= 4 is 16.8 Å². The molecule has 1 aromatic heterocycles. The van der Waals surface area contributed by atoms with Gasteiger partial charge in [0.2, 0.25) is 13.6 Å². The van der Waals surface area contributed by atoms with Gasteiger partial charge < -0.3 is 24.3 Å². The number of hydrogen-bond donors (Lipinski definition) is 1. The number of pyridine rings is 1. The van der Waals surface area contributed by atoms with Crippen LogP contribution in [0, 0.1) is 0 Å². The molecule has 28 heavy (non-hydrogen) atoms. The van der Waals surface area contributed by atoms with Crippen LogP contribution >= 0.6 is 0 Å². The lowest BCUT2D eigenvalue weighted by atomic mass is 9.98. The lowest BCUT2D eigenvalue weighted by Crippen LogP contribution is -2.25. The van der Waals surface area contributed by atoms with Crippen molar-refractivity contribution in [3.63, 3.8) is 0 Å². The van der Waals surface area contributed by atoms with Crippen LogP contribution in [0.1, 0.15) is 23.8 Å². The van der Waals surface area contributed by atoms with E-state index in [9.17, 15) is 4.79 Å². The van der Waals surface area contributed by atoms with E-state index in [0.29, 0.717) is 40.8 Å². The van der Waals surface area contributed by atoms with Gasteiger partial charge in [0, 0.05) is 6.54 Å². The fourth-order valence-electron chi connectivity index (χ4n) is 3.42. The van der Waals surface area contributed by atoms with E-state index in [2.05, 4.69) is 10.3 Å². The number of nitrogens with one attached hydrogen (secondary N) is 1. The molecule has 1 amide bonds. The van der Waals surface area contributed by atoms with Crippen molar-refractivity contribution in [2.24, 2.45) is 0 Å². The molecule has 0 spiro atoms. The highest BCUT2D eigenvalue weighted by molar-refractivity contribution is 6.05. The number of fused-ring (bicyclic) bond motifs is 4. The summed E-state index contributed by atoms with van der Waals surface area (Å²) in [7, 11) is 0. The maximum atomic E-state index is 12.6. The largest absolute Gasteiger partial charge is 0.454 e. The minimum Gasteiger partial charge on any atom is -0.454 e. The van der Waals surface area contributed by atoms with E-state index in [1.807, 2.05) is 37.3 Å². The zero-order chi connectivity index (χ0) is 19.1. The highest BCUT2D eigenvalue weighted by atomic mass is 16.7. The number of carbonyl (C=O) groups is 1. The molecule has 3 heterocycles. The number of amides is 1. The highest BCUT2D eigenvalue weighted by Gasteiger charge is 2.23. The summed E-state index contributed by atoms with van der Waals surface area (Å²) in [4.78, 5) is 17.1. The molecule has 0 atom stereocenters. The SMILES string of the molecule is CCCNC(=O)c1cc(-c2ccc3c(c2)OCO3)c2c3c(ccc2n1)OCO3. The van der Waals surface area contributed by atoms with Gasteiger partial charge in [-0.1, -0.05) is 13.0 Å². The number of benzene rings is 2. The van der Waals surface area contributed by atoms with Gasteiger partial charge in [-0.3, -0.25) is 4.79 Å². The van der Waals surface area contributed by atoms with Crippen LogP contribution in [0.4, 0.5) is 0 Å². The first-order chi connectivity index (χ1) is 13.7. The molecule has 2 aliphatic heterocycles. The van der Waals surface area contributed by atoms with Crippen LogP contribution in [-0.2, 0) is 0 Å². The van der Waals surface area contributed by atoms with Crippen LogP contribution in [-0.4, -0.2) is 31.0 Å². The molecule has 0 fully saturated rings. The minimum atomic E-state index is -0.205. The van der Waals surface area contributed by atoms with Crippen molar-refractivity contribution in [2.45, 2.75) is 13.3 Å². The van der Waals surface area contributed by atoms with Gasteiger partial charge in [-0.25, -0.2) is 4.98 Å². The molecule has 5 rings (SSSR count). The Morgan fingerprint density at radius 3 is 2.68 bits per heavy atom. The molecule has 0 saturated heterocycles. The van der Waals surface area contributed by atoms with Gasteiger partial charge in [0.1, 0.15) is 5.69 Å². The van der Waals surface area contributed by atoms with Crippen molar-refractivity contribution in [3.8, 4) is 34.1 Å². The maximum absolute atomic E-state index is 12.6. The second-order valence-electron chi connectivity index (χ2n) is 6.57. The number of carbonyl (C=O) groups excluding carboxylic acids is 1. The van der Waals surface area contributed by atoms with E-state index in [4.69, 9.17) is 18.9 Å². The standard InChI is InChI=1S/C21H18N2O5/c1-2-7-22-21(24)15-9-13(12-3-5-16-18(8-12)27-10-25-16)19-14(23-15)4-6-17-20(19)28-11-26-17/h3-6,8-9H,2,7,10-11H2,1H3,(H,22,24). The van der Waals surface area contributed by atoms with Crippen LogP contribution < -0.4 is 24.3 Å². The van der Waals surface area contributed by atoms with Gasteiger partial charge >= 0.3 is 0 Å². The Morgan fingerprint density at radius 2 is 1.79 bits per heavy atom. The smallest absolute Gasteiger partial charge is 0.269 e. The first kappa shape index (κ1) is 16.7. The predicted octanol–water partition coefficient (Wildman–Crippen LogP) is 3.50. The second kappa shape index (κ2) is 6.60. The normalized spacial score (nSPS) is 13.8. The molecule has 2 aromatic carbocycles. The fourth-order valence-corrected chi connectivity index (χ4v) is 3.42. The van der Waals surface area contributed by atoms with Crippen molar-refractivity contribution in [1.82, 2.24) is 10.3 Å². The van der Waals surface area contributed by atoms with Gasteiger partial charge in [0.25, 0.3) is 5.91 Å². The van der Waals surface area contributed by atoms with E-state index in [1.165, 1.54) is 0 Å². The molecular weight excluding hydrogens is 360 g/mol. The average Bonchev–Trinajstić information content (AvgIpc) is 3.39. The summed E-state index contributed by atoms with van der Waals surface area (Å²) in [5.41, 5.74) is 2.73. The van der Waals surface area contributed by atoms with Crippen LogP contribution in [0.3, 0.4) is 0 Å². The summed E-state index contributed by atoms with van der Waals surface area (Å²) in [5, 5.41) is 3.69. The summed E-state index contributed by atoms with van der Waals surface area (Å²) in [6.07, 6.45) is 0.854. The van der Waals surface area contributed by atoms with Gasteiger partial charge in [-0.2, -0.15) is 0 Å². The Kier molecular flexibility index (Phi) is 3.93. The molecule has 0 unspecified atom stereocenters. The Balaban J connectivity index is 1.72. The molecule has 0 aliphatic carbocycles. The Labute approximate surface area is 161 Å². The van der Waals surface area contributed by atoms with Crippen molar-refractivity contribution < 1.29 is 23.7 Å².